The number of imide groups is 1. The molecule has 0 spiro atoms. The predicted molar refractivity (Wildman–Crippen MR) is 162 cm³/mol. The van der Waals surface area contributed by atoms with Gasteiger partial charge in [-0.15, -0.1) is 0 Å². The Morgan fingerprint density at radius 3 is 2.40 bits per heavy atom. The largest absolute Gasteiger partial charge is 0.559 e. The van der Waals surface area contributed by atoms with Crippen LogP contribution in [0, 0.1) is 0 Å². The van der Waals surface area contributed by atoms with E-state index in [0.717, 1.165) is 11.3 Å². The van der Waals surface area contributed by atoms with Gasteiger partial charge in [0, 0.05) is 29.2 Å². The summed E-state index contributed by atoms with van der Waals surface area (Å²) in [6.07, 6.45) is 1.75. The number of fused-ring (bicyclic) bond motifs is 1. The zero-order valence-electron chi connectivity index (χ0n) is 23.2. The van der Waals surface area contributed by atoms with Gasteiger partial charge in [0.25, 0.3) is 11.8 Å². The molecule has 2 aromatic carbocycles. The van der Waals surface area contributed by atoms with Crippen molar-refractivity contribution in [1.82, 2.24) is 14.9 Å². The molecule has 2 aromatic heterocycles. The van der Waals surface area contributed by atoms with Crippen molar-refractivity contribution < 1.29 is 23.9 Å². The maximum atomic E-state index is 14.3. The molecule has 0 bridgehead atoms. The summed E-state index contributed by atoms with van der Waals surface area (Å²) in [6.45, 7) is 5.42. The molecular formula is C30H29N6O5S+. The molecule has 4 aromatic rings. The highest BCUT2D eigenvalue weighted by atomic mass is 32.1. The fraction of sp³-hybridized carbons (Fsp3) is 0.167. The highest BCUT2D eigenvalue weighted by Crippen LogP contribution is 2.42. The maximum Gasteiger partial charge on any atom is 0.559 e. The van der Waals surface area contributed by atoms with E-state index in [1.165, 1.54) is 4.90 Å². The Bertz CT molecular complexity index is 1660. The highest BCUT2D eigenvalue weighted by molar-refractivity contribution is 7.15. The van der Waals surface area contributed by atoms with Gasteiger partial charge in [0.2, 0.25) is 10.8 Å². The van der Waals surface area contributed by atoms with Crippen LogP contribution in [-0.2, 0) is 4.74 Å². The zero-order valence-corrected chi connectivity index (χ0v) is 24.0. The van der Waals surface area contributed by atoms with Crippen LogP contribution in [0.5, 0.6) is 0 Å². The van der Waals surface area contributed by atoms with Crippen LogP contribution in [0.1, 0.15) is 47.1 Å². The molecule has 0 saturated carbocycles. The van der Waals surface area contributed by atoms with Crippen molar-refractivity contribution in [3.05, 3.63) is 101 Å². The molecule has 5 amide bonds. The molecule has 11 nitrogen and oxygen atoms in total. The van der Waals surface area contributed by atoms with Gasteiger partial charge in [-0.05, 0) is 67.7 Å². The van der Waals surface area contributed by atoms with E-state index in [2.05, 4.69) is 20.7 Å². The van der Waals surface area contributed by atoms with E-state index in [-0.39, 0.29) is 23.6 Å². The van der Waals surface area contributed by atoms with E-state index < -0.39 is 34.6 Å². The van der Waals surface area contributed by atoms with Gasteiger partial charge in [-0.2, -0.15) is 4.79 Å². The van der Waals surface area contributed by atoms with Crippen LogP contribution >= 0.6 is 11.3 Å². The molecule has 1 atom stereocenters. The number of nitrogens with zero attached hydrogens (tertiary/aromatic N) is 3. The second kappa shape index (κ2) is 11.8. The van der Waals surface area contributed by atoms with Crippen LogP contribution in [0.2, 0.25) is 0 Å². The number of benzene rings is 2. The lowest BCUT2D eigenvalue weighted by molar-refractivity contribution is 0.0880. The van der Waals surface area contributed by atoms with Crippen molar-refractivity contribution in [1.29, 1.82) is 0 Å². The molecule has 3 N–H and O–H groups in total. The van der Waals surface area contributed by atoms with E-state index in [1.54, 1.807) is 99.2 Å². The van der Waals surface area contributed by atoms with Gasteiger partial charge in [-0.1, -0.05) is 41.7 Å². The minimum atomic E-state index is -1.13. The Morgan fingerprint density at radius 2 is 1.71 bits per heavy atom. The molecule has 0 aliphatic carbocycles. The maximum absolute atomic E-state index is 14.3. The van der Waals surface area contributed by atoms with Gasteiger partial charge in [0.15, 0.2) is 0 Å². The zero-order chi connectivity index (χ0) is 29.9. The Labute approximate surface area is 246 Å². The van der Waals surface area contributed by atoms with Crippen LogP contribution < -0.4 is 20.1 Å². The number of para-hydroxylation sites is 2. The number of anilines is 2. The number of hydrogen-bond donors (Lipinski definition) is 3. The van der Waals surface area contributed by atoms with Gasteiger partial charge >= 0.3 is 12.1 Å². The highest BCUT2D eigenvalue weighted by Gasteiger charge is 2.60. The topological polar surface area (TPSA) is 133 Å². The van der Waals surface area contributed by atoms with Crippen LogP contribution in [0.3, 0.4) is 0 Å². The fourth-order valence-electron chi connectivity index (χ4n) is 4.52. The SMILES string of the molecule is CCN(C(=O)[N+]1(C(=O)OC(C)C)N=C(NC(=O)c2ccccc2NC(=O)c2cc[nH]c2)c2ccsc21)c1ccccc1. The summed E-state index contributed by atoms with van der Waals surface area (Å²) in [7, 11) is 0. The quantitative estimate of drug-likeness (QED) is 0.241. The van der Waals surface area contributed by atoms with E-state index in [0.29, 0.717) is 21.8 Å². The number of amides is 5. The third-order valence-electron chi connectivity index (χ3n) is 6.45. The van der Waals surface area contributed by atoms with Crippen LogP contribution in [0.4, 0.5) is 26.0 Å². The number of aromatic nitrogens is 1. The average Bonchev–Trinajstić information content (AvgIpc) is 3.74. The summed E-state index contributed by atoms with van der Waals surface area (Å²) < 4.78 is 4.44. The molecule has 1 aliphatic rings. The van der Waals surface area contributed by atoms with Gasteiger partial charge in [0.1, 0.15) is 6.10 Å². The standard InChI is InChI=1S/C30H28N6O5S/c1-4-35(21-10-6-5-7-11-21)29(39)36(30(40)41-19(2)3)28-23(15-17-42-28)25(34-36)33-27(38)22-12-8-9-13-24(22)32-26(37)20-14-16-31-18-20/h5-19H,4H2,1-3H3,(H2-,31,32,33,34,37,38)/p+1. The summed E-state index contributed by atoms with van der Waals surface area (Å²) >= 11 is 1.16. The molecule has 0 saturated heterocycles. The molecule has 0 radical (unpaired) electrons. The number of carbonyl (C=O) groups excluding carboxylic acids is 4. The minimum Gasteiger partial charge on any atom is -0.415 e. The smallest absolute Gasteiger partial charge is 0.415 e. The summed E-state index contributed by atoms with van der Waals surface area (Å²) in [4.78, 5) is 58.6. The molecule has 12 heteroatoms. The third kappa shape index (κ3) is 5.20. The summed E-state index contributed by atoms with van der Waals surface area (Å²) in [5.41, 5.74) is 1.85. The fourth-order valence-corrected chi connectivity index (χ4v) is 5.49. The van der Waals surface area contributed by atoms with Crippen molar-refractivity contribution in [2.45, 2.75) is 26.9 Å². The van der Waals surface area contributed by atoms with Crippen LogP contribution in [0.25, 0.3) is 0 Å². The van der Waals surface area contributed by atoms with Crippen molar-refractivity contribution in [2.24, 2.45) is 5.10 Å². The summed E-state index contributed by atoms with van der Waals surface area (Å²) in [6, 6.07) is 18.1. The van der Waals surface area contributed by atoms with Crippen molar-refractivity contribution in [3.63, 3.8) is 0 Å². The van der Waals surface area contributed by atoms with E-state index in [4.69, 9.17) is 4.74 Å². The van der Waals surface area contributed by atoms with Gasteiger partial charge in [-0.3, -0.25) is 14.5 Å². The number of ether oxygens (including phenoxy) is 1. The average molecular weight is 586 g/mol. The molecule has 42 heavy (non-hydrogen) atoms. The first-order chi connectivity index (χ1) is 20.3. The minimum absolute atomic E-state index is 0.0289. The summed E-state index contributed by atoms with van der Waals surface area (Å²) in [5.74, 6) is -0.953. The first kappa shape index (κ1) is 28.5. The molecular weight excluding hydrogens is 556 g/mol. The number of urea groups is 1. The van der Waals surface area contributed by atoms with Crippen LogP contribution in [0.15, 0.2) is 89.6 Å². The Balaban J connectivity index is 1.53. The molecule has 214 valence electrons. The normalized spacial score (nSPS) is 15.5. The number of aromatic amines is 1. The van der Waals surface area contributed by atoms with Gasteiger partial charge in [0.05, 0.1) is 22.4 Å². The number of hydrogen-bond acceptors (Lipinski definition) is 7. The number of carbonyl (C=O) groups is 4. The Hall–Kier alpha value is -5.07. The molecule has 0 fully saturated rings. The van der Waals surface area contributed by atoms with E-state index in [9.17, 15) is 19.2 Å². The second-order valence-corrected chi connectivity index (χ2v) is 10.5. The van der Waals surface area contributed by atoms with E-state index in [1.807, 2.05) is 6.07 Å². The molecule has 1 unspecified atom stereocenters. The van der Waals surface area contributed by atoms with Crippen molar-refractivity contribution in [2.75, 3.05) is 16.8 Å². The number of H-pyrrole nitrogens is 1. The number of nitrogens with one attached hydrogen (secondary N) is 3. The second-order valence-electron chi connectivity index (χ2n) is 9.57. The van der Waals surface area contributed by atoms with Gasteiger partial charge in [-0.25, -0.2) is 4.79 Å². The predicted octanol–water partition coefficient (Wildman–Crippen LogP) is 5.93. The van der Waals surface area contributed by atoms with E-state index >= 15 is 0 Å². The van der Waals surface area contributed by atoms with Crippen LogP contribution in [-0.4, -0.2) is 47.4 Å². The number of amidine groups is 1. The Kier molecular flexibility index (Phi) is 8.00. The molecule has 5 rings (SSSR count). The lowest BCUT2D eigenvalue weighted by atomic mass is 10.1. The molecule has 3 heterocycles. The first-order valence-corrected chi connectivity index (χ1v) is 14.1. The van der Waals surface area contributed by atoms with Crippen molar-refractivity contribution in [3.8, 4) is 0 Å². The summed E-state index contributed by atoms with van der Waals surface area (Å²) in [5, 5.41) is 12.1. The van der Waals surface area contributed by atoms with Gasteiger partial charge < -0.3 is 20.4 Å². The monoisotopic (exact) mass is 585 g/mol. The first-order valence-electron chi connectivity index (χ1n) is 13.3. The number of thiophene rings is 1. The molecule has 1 aliphatic heterocycles. The third-order valence-corrected chi connectivity index (χ3v) is 7.43. The lowest BCUT2D eigenvalue weighted by Gasteiger charge is -2.28. The lowest BCUT2D eigenvalue weighted by Crippen LogP contribution is -2.59. The number of quaternary nitrogens is 1. The number of rotatable bonds is 6. The van der Waals surface area contributed by atoms with Crippen molar-refractivity contribution >= 4 is 57.5 Å². The Morgan fingerprint density at radius 1 is 0.976 bits per heavy atom.